The Balaban J connectivity index is 2.27. The number of halogens is 1. The molecule has 0 bridgehead atoms. The van der Waals surface area contributed by atoms with E-state index >= 15 is 0 Å². The molecule has 86 valence electrons. The van der Waals surface area contributed by atoms with E-state index in [1.54, 1.807) is 24.3 Å². The molecule has 1 N–H and O–H groups in total. The minimum atomic E-state index is -1.16. The quantitative estimate of drug-likeness (QED) is 0.835. The summed E-state index contributed by atoms with van der Waals surface area (Å²) >= 11 is 6.79. The lowest BCUT2D eigenvalue weighted by atomic mass is 10.2. The molecule has 0 radical (unpaired) electrons. The zero-order chi connectivity index (χ0) is 12.4. The highest BCUT2D eigenvalue weighted by Gasteiger charge is 2.23. The maximum absolute atomic E-state index is 11.4. The third-order valence-corrected chi connectivity index (χ3v) is 3.25. The number of carbonyl (C=O) groups excluding carboxylic acids is 1. The number of nitrogens with zero attached hydrogens (tertiary/aromatic N) is 1. The first kappa shape index (κ1) is 11.9. The summed E-state index contributed by atoms with van der Waals surface area (Å²) < 4.78 is 0. The Bertz CT molecular complexity index is 548. The summed E-state index contributed by atoms with van der Waals surface area (Å²) in [6.45, 7) is 0. The zero-order valence-electron chi connectivity index (χ0n) is 8.38. The molecule has 1 aromatic carbocycles. The highest BCUT2D eigenvalue weighted by Crippen LogP contribution is 2.30. The molecule has 0 aromatic heterocycles. The molecule has 2 rings (SSSR count). The largest absolute Gasteiger partial charge is 0.478 e. The van der Waals surface area contributed by atoms with Crippen LogP contribution in [0.25, 0.3) is 0 Å². The standard InChI is InChI=1S/C11H6ClNO3S/c12-7-3-1-6(2-4-7)11-13-10(16)8(17-11)5-9(14)15/h1-5H,(H,14,15)/b8-5+. The molecule has 0 saturated carbocycles. The van der Waals surface area contributed by atoms with Gasteiger partial charge >= 0.3 is 5.97 Å². The van der Waals surface area contributed by atoms with Crippen LogP contribution in [-0.2, 0) is 9.59 Å². The van der Waals surface area contributed by atoms with Crippen LogP contribution >= 0.6 is 23.4 Å². The molecule has 1 aliphatic heterocycles. The van der Waals surface area contributed by atoms with Gasteiger partial charge in [0.2, 0.25) is 0 Å². The lowest BCUT2D eigenvalue weighted by molar-refractivity contribution is -0.131. The smallest absolute Gasteiger partial charge is 0.329 e. The number of hydrogen-bond donors (Lipinski definition) is 1. The first-order valence-electron chi connectivity index (χ1n) is 4.58. The van der Waals surface area contributed by atoms with Gasteiger partial charge in [-0.3, -0.25) is 4.79 Å². The predicted molar refractivity (Wildman–Crippen MR) is 66.3 cm³/mol. The number of carboxylic acid groups (broad SMARTS) is 1. The fraction of sp³-hybridized carbons (Fsp3) is 0. The first-order valence-corrected chi connectivity index (χ1v) is 5.77. The van der Waals surface area contributed by atoms with E-state index in [4.69, 9.17) is 16.7 Å². The van der Waals surface area contributed by atoms with E-state index in [2.05, 4.69) is 4.99 Å². The Kier molecular flexibility index (Phi) is 3.31. The van der Waals surface area contributed by atoms with Gasteiger partial charge in [-0.25, -0.2) is 9.79 Å². The minimum absolute atomic E-state index is 0.113. The third-order valence-electron chi connectivity index (χ3n) is 1.97. The van der Waals surface area contributed by atoms with Crippen molar-refractivity contribution >= 4 is 40.3 Å². The fourth-order valence-electron chi connectivity index (χ4n) is 1.24. The normalized spacial score (nSPS) is 17.4. The van der Waals surface area contributed by atoms with E-state index in [1.165, 1.54) is 0 Å². The number of thioether (sulfide) groups is 1. The van der Waals surface area contributed by atoms with Gasteiger partial charge in [0.25, 0.3) is 5.91 Å². The number of aliphatic carboxylic acids is 1. The lowest BCUT2D eigenvalue weighted by Crippen LogP contribution is -1.94. The van der Waals surface area contributed by atoms with Crippen molar-refractivity contribution in [1.82, 2.24) is 0 Å². The summed E-state index contributed by atoms with van der Waals surface area (Å²) in [6.07, 6.45) is 0.861. The van der Waals surface area contributed by atoms with Crippen LogP contribution in [0.15, 0.2) is 40.2 Å². The van der Waals surface area contributed by atoms with Crippen molar-refractivity contribution in [2.45, 2.75) is 0 Å². The number of aliphatic imine (C=N–C) groups is 1. The van der Waals surface area contributed by atoms with E-state index in [1.807, 2.05) is 0 Å². The van der Waals surface area contributed by atoms with Gasteiger partial charge in [-0.2, -0.15) is 0 Å². The number of rotatable bonds is 2. The van der Waals surface area contributed by atoms with E-state index in [0.29, 0.717) is 10.1 Å². The molecule has 4 nitrogen and oxygen atoms in total. The first-order chi connectivity index (χ1) is 8.06. The molecule has 0 saturated heterocycles. The van der Waals surface area contributed by atoms with Crippen LogP contribution in [0.5, 0.6) is 0 Å². The second-order valence-electron chi connectivity index (χ2n) is 3.18. The monoisotopic (exact) mass is 267 g/mol. The molecule has 1 heterocycles. The Labute approximate surface area is 106 Å². The van der Waals surface area contributed by atoms with Gasteiger partial charge in [-0.1, -0.05) is 35.5 Å². The van der Waals surface area contributed by atoms with Gasteiger partial charge < -0.3 is 5.11 Å². The van der Waals surface area contributed by atoms with Crippen LogP contribution in [0.1, 0.15) is 5.56 Å². The molecule has 1 amide bonds. The Hall–Kier alpha value is -1.59. The lowest BCUT2D eigenvalue weighted by Gasteiger charge is -1.98. The predicted octanol–water partition coefficient (Wildman–Crippen LogP) is 2.33. The number of carboxylic acids is 1. The van der Waals surface area contributed by atoms with Crippen molar-refractivity contribution in [2.75, 3.05) is 0 Å². The summed E-state index contributed by atoms with van der Waals surface area (Å²) in [4.78, 5) is 25.8. The maximum Gasteiger partial charge on any atom is 0.329 e. The molecule has 0 fully saturated rings. The number of hydrogen-bond acceptors (Lipinski definition) is 3. The average molecular weight is 268 g/mol. The summed E-state index contributed by atoms with van der Waals surface area (Å²) in [7, 11) is 0. The van der Waals surface area contributed by atoms with Crippen molar-refractivity contribution in [2.24, 2.45) is 4.99 Å². The molecule has 17 heavy (non-hydrogen) atoms. The van der Waals surface area contributed by atoms with Crippen molar-refractivity contribution in [3.05, 3.63) is 45.8 Å². The minimum Gasteiger partial charge on any atom is -0.478 e. The molecule has 0 aliphatic carbocycles. The topological polar surface area (TPSA) is 66.7 Å². The average Bonchev–Trinajstić information content (AvgIpc) is 2.60. The second-order valence-corrected chi connectivity index (χ2v) is 4.64. The number of carbonyl (C=O) groups is 2. The molecular formula is C11H6ClNO3S. The van der Waals surface area contributed by atoms with Crippen molar-refractivity contribution in [1.29, 1.82) is 0 Å². The van der Waals surface area contributed by atoms with Gasteiger partial charge in [0, 0.05) is 16.7 Å². The Morgan fingerprint density at radius 1 is 1.35 bits per heavy atom. The van der Waals surface area contributed by atoms with E-state index in [-0.39, 0.29) is 4.91 Å². The van der Waals surface area contributed by atoms with Crippen LogP contribution in [0.2, 0.25) is 5.02 Å². The highest BCUT2D eigenvalue weighted by atomic mass is 35.5. The molecular weight excluding hydrogens is 262 g/mol. The van der Waals surface area contributed by atoms with Crippen LogP contribution in [0.4, 0.5) is 0 Å². The molecule has 6 heteroatoms. The van der Waals surface area contributed by atoms with Crippen LogP contribution in [-0.4, -0.2) is 22.0 Å². The van der Waals surface area contributed by atoms with Crippen molar-refractivity contribution in [3.63, 3.8) is 0 Å². The van der Waals surface area contributed by atoms with Crippen molar-refractivity contribution in [3.8, 4) is 0 Å². The number of benzene rings is 1. The van der Waals surface area contributed by atoms with Gasteiger partial charge in [-0.05, 0) is 12.1 Å². The van der Waals surface area contributed by atoms with Crippen LogP contribution in [0.3, 0.4) is 0 Å². The molecule has 0 unspecified atom stereocenters. The number of amides is 1. The zero-order valence-corrected chi connectivity index (χ0v) is 9.96. The summed E-state index contributed by atoms with van der Waals surface area (Å²) in [6, 6.07) is 6.82. The van der Waals surface area contributed by atoms with Crippen LogP contribution < -0.4 is 0 Å². The summed E-state index contributed by atoms with van der Waals surface area (Å²) in [5.41, 5.74) is 0.738. The fourth-order valence-corrected chi connectivity index (χ4v) is 2.25. The van der Waals surface area contributed by atoms with Crippen molar-refractivity contribution < 1.29 is 14.7 Å². The molecule has 1 aliphatic rings. The van der Waals surface area contributed by atoms with Gasteiger partial charge in [-0.15, -0.1) is 0 Å². The highest BCUT2D eigenvalue weighted by molar-refractivity contribution is 8.19. The molecule has 0 spiro atoms. The second kappa shape index (κ2) is 4.73. The Morgan fingerprint density at radius 2 is 2.00 bits per heavy atom. The van der Waals surface area contributed by atoms with Gasteiger partial charge in [0.05, 0.1) is 4.91 Å². The van der Waals surface area contributed by atoms with E-state index in [0.717, 1.165) is 23.4 Å². The third kappa shape index (κ3) is 2.75. The summed E-state index contributed by atoms with van der Waals surface area (Å²) in [5, 5.41) is 9.65. The van der Waals surface area contributed by atoms with Crippen LogP contribution in [0, 0.1) is 0 Å². The van der Waals surface area contributed by atoms with Gasteiger partial charge in [0.1, 0.15) is 5.04 Å². The summed E-state index contributed by atoms with van der Waals surface area (Å²) in [5.74, 6) is -1.68. The maximum atomic E-state index is 11.4. The van der Waals surface area contributed by atoms with E-state index in [9.17, 15) is 9.59 Å². The Morgan fingerprint density at radius 3 is 2.59 bits per heavy atom. The molecule has 1 aromatic rings. The van der Waals surface area contributed by atoms with Gasteiger partial charge in [0.15, 0.2) is 0 Å². The SMILES string of the molecule is O=C(O)/C=C1/SC(c2ccc(Cl)cc2)=NC1=O. The molecule has 0 atom stereocenters. The van der Waals surface area contributed by atoms with E-state index < -0.39 is 11.9 Å².